The summed E-state index contributed by atoms with van der Waals surface area (Å²) in [5, 5.41) is 12.1. The average Bonchev–Trinajstić information content (AvgIpc) is 2.29. The third-order valence-electron chi connectivity index (χ3n) is 2.52. The molecule has 0 saturated carbocycles. The molecule has 0 aliphatic heterocycles. The van der Waals surface area contributed by atoms with Crippen molar-refractivity contribution < 1.29 is 14.6 Å². The zero-order valence-corrected chi connectivity index (χ0v) is 10.3. The van der Waals surface area contributed by atoms with Crippen LogP contribution in [-0.4, -0.2) is 24.2 Å². The first-order valence-electron chi connectivity index (χ1n) is 5.78. The number of methoxy groups -OCH3 is 1. The molecule has 0 aliphatic carbocycles. The largest absolute Gasteiger partial charge is 0.495 e. The molecule has 0 bridgehead atoms. The number of carboxylic acid groups (broad SMARTS) is 1. The van der Waals surface area contributed by atoms with Gasteiger partial charge in [-0.25, -0.2) is 0 Å². The Bertz CT molecular complexity index is 365. The minimum absolute atomic E-state index is 0.0613. The number of ether oxygens (including phenoxy) is 1. The van der Waals surface area contributed by atoms with Gasteiger partial charge in [0, 0.05) is 6.04 Å². The van der Waals surface area contributed by atoms with E-state index in [0.29, 0.717) is 0 Å². The number of anilines is 1. The Morgan fingerprint density at radius 2 is 2.18 bits per heavy atom. The molecule has 2 N–H and O–H groups in total. The van der Waals surface area contributed by atoms with E-state index in [-0.39, 0.29) is 12.5 Å². The molecule has 4 heteroatoms. The summed E-state index contributed by atoms with van der Waals surface area (Å²) in [6, 6.07) is 7.47. The van der Waals surface area contributed by atoms with E-state index in [1.165, 1.54) is 0 Å². The van der Waals surface area contributed by atoms with Crippen LogP contribution in [0.25, 0.3) is 0 Å². The summed E-state index contributed by atoms with van der Waals surface area (Å²) in [6.07, 6.45) is 1.89. The highest BCUT2D eigenvalue weighted by Gasteiger charge is 2.13. The molecule has 1 aromatic carbocycles. The molecule has 1 atom stereocenters. The lowest BCUT2D eigenvalue weighted by atomic mass is 10.1. The van der Waals surface area contributed by atoms with Crippen molar-refractivity contribution in [3.63, 3.8) is 0 Å². The van der Waals surface area contributed by atoms with Gasteiger partial charge in [0.05, 0.1) is 19.2 Å². The lowest BCUT2D eigenvalue weighted by Gasteiger charge is -2.19. The number of carboxylic acids is 1. The standard InChI is InChI=1S/C13H19NO3/c1-3-6-10(9-13(15)16)14-11-7-4-5-8-12(11)17-2/h4-5,7-8,10,14H,3,6,9H2,1-2H3,(H,15,16). The van der Waals surface area contributed by atoms with Crippen molar-refractivity contribution in [2.24, 2.45) is 0 Å². The lowest BCUT2D eigenvalue weighted by Crippen LogP contribution is -2.23. The predicted octanol–water partition coefficient (Wildman–Crippen LogP) is 2.75. The Morgan fingerprint density at radius 1 is 1.47 bits per heavy atom. The first kappa shape index (κ1) is 13.4. The fourth-order valence-electron chi connectivity index (χ4n) is 1.77. The molecule has 0 heterocycles. The molecule has 94 valence electrons. The summed E-state index contributed by atoms with van der Waals surface area (Å²) >= 11 is 0. The van der Waals surface area contributed by atoms with Crippen LogP contribution in [0.5, 0.6) is 5.75 Å². The van der Waals surface area contributed by atoms with Crippen molar-refractivity contribution >= 4 is 11.7 Å². The van der Waals surface area contributed by atoms with Gasteiger partial charge >= 0.3 is 5.97 Å². The van der Waals surface area contributed by atoms with E-state index in [2.05, 4.69) is 5.32 Å². The van der Waals surface area contributed by atoms with Gasteiger partial charge in [0.1, 0.15) is 5.75 Å². The first-order chi connectivity index (χ1) is 8.17. The van der Waals surface area contributed by atoms with Crippen molar-refractivity contribution in [3.05, 3.63) is 24.3 Å². The zero-order chi connectivity index (χ0) is 12.7. The minimum atomic E-state index is -0.786. The van der Waals surface area contributed by atoms with E-state index in [1.807, 2.05) is 31.2 Å². The van der Waals surface area contributed by atoms with Crippen molar-refractivity contribution in [1.82, 2.24) is 0 Å². The zero-order valence-electron chi connectivity index (χ0n) is 10.3. The molecule has 17 heavy (non-hydrogen) atoms. The van der Waals surface area contributed by atoms with Crippen molar-refractivity contribution in [1.29, 1.82) is 0 Å². The summed E-state index contributed by atoms with van der Waals surface area (Å²) in [7, 11) is 1.60. The highest BCUT2D eigenvalue weighted by Crippen LogP contribution is 2.25. The fraction of sp³-hybridized carbons (Fsp3) is 0.462. The van der Waals surface area contributed by atoms with Gasteiger partial charge in [-0.3, -0.25) is 4.79 Å². The molecule has 4 nitrogen and oxygen atoms in total. The molecule has 0 aliphatic rings. The number of carbonyl (C=O) groups is 1. The highest BCUT2D eigenvalue weighted by molar-refractivity contribution is 5.68. The number of hydrogen-bond donors (Lipinski definition) is 2. The maximum atomic E-state index is 10.8. The maximum Gasteiger partial charge on any atom is 0.305 e. The van der Waals surface area contributed by atoms with Gasteiger partial charge in [-0.2, -0.15) is 0 Å². The van der Waals surface area contributed by atoms with Crippen LogP contribution in [0.1, 0.15) is 26.2 Å². The van der Waals surface area contributed by atoms with Crippen LogP contribution in [0.4, 0.5) is 5.69 Å². The molecule has 1 aromatic rings. The Kier molecular flexibility index (Phi) is 5.33. The summed E-state index contributed by atoms with van der Waals surface area (Å²) < 4.78 is 5.22. The second-order valence-corrected chi connectivity index (χ2v) is 3.93. The Morgan fingerprint density at radius 3 is 2.76 bits per heavy atom. The molecule has 0 saturated heterocycles. The molecule has 0 amide bonds. The molecule has 0 fully saturated rings. The van der Waals surface area contributed by atoms with Crippen LogP contribution >= 0.6 is 0 Å². The Labute approximate surface area is 102 Å². The second-order valence-electron chi connectivity index (χ2n) is 3.93. The quantitative estimate of drug-likeness (QED) is 0.765. The van der Waals surface area contributed by atoms with Crippen LogP contribution in [0.15, 0.2) is 24.3 Å². The average molecular weight is 237 g/mol. The van der Waals surface area contributed by atoms with Gasteiger partial charge in [-0.15, -0.1) is 0 Å². The van der Waals surface area contributed by atoms with Crippen molar-refractivity contribution in [2.45, 2.75) is 32.2 Å². The summed E-state index contributed by atoms with van der Waals surface area (Å²) in [4.78, 5) is 10.8. The third-order valence-corrected chi connectivity index (χ3v) is 2.52. The normalized spacial score (nSPS) is 11.9. The number of rotatable bonds is 7. The summed E-state index contributed by atoms with van der Waals surface area (Å²) in [5.41, 5.74) is 0.842. The lowest BCUT2D eigenvalue weighted by molar-refractivity contribution is -0.137. The summed E-state index contributed by atoms with van der Waals surface area (Å²) in [6.45, 7) is 2.04. The van der Waals surface area contributed by atoms with Crippen LogP contribution in [0.3, 0.4) is 0 Å². The van der Waals surface area contributed by atoms with Gasteiger partial charge in [0.15, 0.2) is 0 Å². The molecule has 0 radical (unpaired) electrons. The first-order valence-corrected chi connectivity index (χ1v) is 5.78. The van der Waals surface area contributed by atoms with E-state index >= 15 is 0 Å². The molecule has 1 rings (SSSR count). The van der Waals surface area contributed by atoms with E-state index in [4.69, 9.17) is 9.84 Å². The van der Waals surface area contributed by atoms with Gasteiger partial charge in [0.25, 0.3) is 0 Å². The van der Waals surface area contributed by atoms with E-state index < -0.39 is 5.97 Å². The topological polar surface area (TPSA) is 58.6 Å². The number of para-hydroxylation sites is 2. The number of aliphatic carboxylic acids is 1. The minimum Gasteiger partial charge on any atom is -0.495 e. The second kappa shape index (κ2) is 6.78. The van der Waals surface area contributed by atoms with Gasteiger partial charge in [0.2, 0.25) is 0 Å². The Balaban J connectivity index is 2.74. The van der Waals surface area contributed by atoms with E-state index in [1.54, 1.807) is 7.11 Å². The molecular formula is C13H19NO3. The highest BCUT2D eigenvalue weighted by atomic mass is 16.5. The predicted molar refractivity (Wildman–Crippen MR) is 67.6 cm³/mol. The molecule has 1 unspecified atom stereocenters. The van der Waals surface area contributed by atoms with Crippen LogP contribution in [0, 0.1) is 0 Å². The smallest absolute Gasteiger partial charge is 0.305 e. The monoisotopic (exact) mass is 237 g/mol. The number of hydrogen-bond acceptors (Lipinski definition) is 3. The molecule has 0 spiro atoms. The van der Waals surface area contributed by atoms with Gasteiger partial charge in [-0.05, 0) is 18.6 Å². The fourth-order valence-corrected chi connectivity index (χ4v) is 1.77. The Hall–Kier alpha value is -1.71. The molecular weight excluding hydrogens is 218 g/mol. The van der Waals surface area contributed by atoms with Crippen LogP contribution < -0.4 is 10.1 Å². The number of benzene rings is 1. The van der Waals surface area contributed by atoms with Gasteiger partial charge in [-0.1, -0.05) is 25.5 Å². The SMILES string of the molecule is CCCC(CC(=O)O)Nc1ccccc1OC. The van der Waals surface area contributed by atoms with Crippen LogP contribution in [0.2, 0.25) is 0 Å². The third kappa shape index (κ3) is 4.34. The van der Waals surface area contributed by atoms with Gasteiger partial charge < -0.3 is 15.2 Å². The van der Waals surface area contributed by atoms with E-state index in [9.17, 15) is 4.79 Å². The van der Waals surface area contributed by atoms with Crippen LogP contribution in [-0.2, 0) is 4.79 Å². The molecule has 0 aromatic heterocycles. The maximum absolute atomic E-state index is 10.8. The van der Waals surface area contributed by atoms with Crippen molar-refractivity contribution in [3.8, 4) is 5.75 Å². The van der Waals surface area contributed by atoms with Crippen molar-refractivity contribution in [2.75, 3.05) is 12.4 Å². The summed E-state index contributed by atoms with van der Waals surface area (Å²) in [5.74, 6) is -0.0511. The van der Waals surface area contributed by atoms with E-state index in [0.717, 1.165) is 24.3 Å². The number of nitrogens with one attached hydrogen (secondary N) is 1.